The van der Waals surface area contributed by atoms with E-state index in [1.807, 2.05) is 32.9 Å². The van der Waals surface area contributed by atoms with Crippen LogP contribution >= 0.6 is 11.6 Å². The third-order valence-corrected chi connectivity index (χ3v) is 5.03. The van der Waals surface area contributed by atoms with E-state index in [1.54, 1.807) is 18.2 Å². The molecule has 1 fully saturated rings. The van der Waals surface area contributed by atoms with Gasteiger partial charge in [0, 0.05) is 24.3 Å². The quantitative estimate of drug-likeness (QED) is 0.603. The Labute approximate surface area is 188 Å². The van der Waals surface area contributed by atoms with Gasteiger partial charge in [-0.2, -0.15) is 0 Å². The second-order valence-electron chi connectivity index (χ2n) is 6.82. The molecule has 1 N–H and O–H groups in total. The van der Waals surface area contributed by atoms with Gasteiger partial charge in [0.2, 0.25) is 5.75 Å². The van der Waals surface area contributed by atoms with Gasteiger partial charge in [-0.15, -0.1) is 0 Å². The Kier molecular flexibility index (Phi) is 8.26. The van der Waals surface area contributed by atoms with Crippen molar-refractivity contribution < 1.29 is 23.7 Å². The second-order valence-corrected chi connectivity index (χ2v) is 7.23. The summed E-state index contributed by atoms with van der Waals surface area (Å²) in [6, 6.07) is 8.84. The molecule has 31 heavy (non-hydrogen) atoms. The third-order valence-electron chi connectivity index (χ3n) is 4.73. The molecule has 1 aliphatic rings. The standard InChI is InChI=1S/C23H29ClN2O5/c1-4-29-20-13-16(14-21(30-5-2)22(20)31-6-3)23(27)25-17-7-8-19(18(24)15-17)26-9-11-28-12-10-26/h7-8,13-15H,4-6,9-12H2,1-3H3,(H,25,27). The maximum Gasteiger partial charge on any atom is 0.255 e. The summed E-state index contributed by atoms with van der Waals surface area (Å²) >= 11 is 6.49. The van der Waals surface area contributed by atoms with Gasteiger partial charge in [-0.05, 0) is 51.1 Å². The maximum absolute atomic E-state index is 13.0. The lowest BCUT2D eigenvalue weighted by molar-refractivity contribution is 0.102. The number of nitrogens with one attached hydrogen (secondary N) is 1. The molecule has 0 unspecified atom stereocenters. The minimum atomic E-state index is -0.292. The summed E-state index contributed by atoms with van der Waals surface area (Å²) in [4.78, 5) is 15.1. The van der Waals surface area contributed by atoms with Crippen molar-refractivity contribution in [2.75, 3.05) is 56.3 Å². The Morgan fingerprint density at radius 1 is 1.00 bits per heavy atom. The molecule has 2 aromatic carbocycles. The number of halogens is 1. The van der Waals surface area contributed by atoms with Crippen LogP contribution in [0, 0.1) is 0 Å². The molecule has 168 valence electrons. The van der Waals surface area contributed by atoms with Crippen LogP contribution < -0.4 is 24.4 Å². The van der Waals surface area contributed by atoms with Gasteiger partial charge in [0.05, 0.1) is 43.7 Å². The predicted octanol–water partition coefficient (Wildman–Crippen LogP) is 4.63. The minimum Gasteiger partial charge on any atom is -0.490 e. The minimum absolute atomic E-state index is 0.292. The van der Waals surface area contributed by atoms with Crippen LogP contribution in [0.4, 0.5) is 11.4 Å². The molecule has 1 amide bonds. The lowest BCUT2D eigenvalue weighted by Gasteiger charge is -2.29. The number of rotatable bonds is 9. The number of carbonyl (C=O) groups excluding carboxylic acids is 1. The molecule has 0 saturated carbocycles. The van der Waals surface area contributed by atoms with Crippen molar-refractivity contribution >= 4 is 28.9 Å². The summed E-state index contributed by atoms with van der Waals surface area (Å²) in [5, 5.41) is 3.48. The molecule has 3 rings (SSSR count). The zero-order valence-corrected chi connectivity index (χ0v) is 19.0. The number of hydrogen-bond donors (Lipinski definition) is 1. The average molecular weight is 449 g/mol. The highest BCUT2D eigenvalue weighted by Gasteiger charge is 2.19. The highest BCUT2D eigenvalue weighted by molar-refractivity contribution is 6.33. The van der Waals surface area contributed by atoms with Crippen molar-refractivity contribution in [2.24, 2.45) is 0 Å². The van der Waals surface area contributed by atoms with Crippen LogP contribution in [0.5, 0.6) is 17.2 Å². The zero-order chi connectivity index (χ0) is 22.2. The fraction of sp³-hybridized carbons (Fsp3) is 0.435. The van der Waals surface area contributed by atoms with Gasteiger partial charge in [0.15, 0.2) is 11.5 Å². The SMILES string of the molecule is CCOc1cc(C(=O)Nc2ccc(N3CCOCC3)c(Cl)c2)cc(OCC)c1OCC. The molecule has 0 bridgehead atoms. The smallest absolute Gasteiger partial charge is 0.255 e. The van der Waals surface area contributed by atoms with E-state index in [1.165, 1.54) is 0 Å². The molecule has 7 nitrogen and oxygen atoms in total. The Bertz CT molecular complexity index is 873. The molecular formula is C23H29ClN2O5. The molecule has 2 aromatic rings. The molecule has 1 aliphatic heterocycles. The van der Waals surface area contributed by atoms with E-state index >= 15 is 0 Å². The number of nitrogens with zero attached hydrogens (tertiary/aromatic N) is 1. The van der Waals surface area contributed by atoms with Crippen molar-refractivity contribution in [1.29, 1.82) is 0 Å². The van der Waals surface area contributed by atoms with Crippen LogP contribution in [-0.4, -0.2) is 52.0 Å². The first-order valence-corrected chi connectivity index (χ1v) is 10.9. The average Bonchev–Trinajstić information content (AvgIpc) is 2.77. The van der Waals surface area contributed by atoms with Crippen molar-refractivity contribution in [2.45, 2.75) is 20.8 Å². The van der Waals surface area contributed by atoms with E-state index in [-0.39, 0.29) is 5.91 Å². The molecule has 0 atom stereocenters. The summed E-state index contributed by atoms with van der Waals surface area (Å²) in [6.07, 6.45) is 0. The first-order chi connectivity index (χ1) is 15.1. The number of hydrogen-bond acceptors (Lipinski definition) is 6. The Balaban J connectivity index is 1.82. The largest absolute Gasteiger partial charge is 0.490 e. The maximum atomic E-state index is 13.0. The Hall–Kier alpha value is -2.64. The molecular weight excluding hydrogens is 420 g/mol. The number of ether oxygens (including phenoxy) is 4. The van der Waals surface area contributed by atoms with Crippen molar-refractivity contribution in [3.05, 3.63) is 40.9 Å². The number of amides is 1. The molecule has 8 heteroatoms. The lowest BCUT2D eigenvalue weighted by Crippen LogP contribution is -2.36. The number of morpholine rings is 1. The van der Waals surface area contributed by atoms with Crippen LogP contribution in [0.1, 0.15) is 31.1 Å². The van der Waals surface area contributed by atoms with E-state index in [4.69, 9.17) is 30.5 Å². The Morgan fingerprint density at radius 3 is 2.16 bits per heavy atom. The van der Waals surface area contributed by atoms with Gasteiger partial charge in [-0.25, -0.2) is 0 Å². The fourth-order valence-corrected chi connectivity index (χ4v) is 3.67. The van der Waals surface area contributed by atoms with Crippen LogP contribution in [0.15, 0.2) is 30.3 Å². The first kappa shape index (κ1) is 23.0. The van der Waals surface area contributed by atoms with Gasteiger partial charge >= 0.3 is 0 Å². The van der Waals surface area contributed by atoms with Crippen LogP contribution in [-0.2, 0) is 4.74 Å². The zero-order valence-electron chi connectivity index (χ0n) is 18.2. The monoisotopic (exact) mass is 448 g/mol. The highest BCUT2D eigenvalue weighted by atomic mass is 35.5. The summed E-state index contributed by atoms with van der Waals surface area (Å²) in [5.74, 6) is 1.16. The lowest BCUT2D eigenvalue weighted by atomic mass is 10.1. The number of benzene rings is 2. The van der Waals surface area contributed by atoms with Crippen molar-refractivity contribution in [3.63, 3.8) is 0 Å². The van der Waals surface area contributed by atoms with Gasteiger partial charge in [0.1, 0.15) is 0 Å². The number of carbonyl (C=O) groups is 1. The molecule has 1 saturated heterocycles. The van der Waals surface area contributed by atoms with Gasteiger partial charge in [-0.1, -0.05) is 11.6 Å². The van der Waals surface area contributed by atoms with E-state index in [2.05, 4.69) is 10.2 Å². The van der Waals surface area contributed by atoms with Crippen LogP contribution in [0.2, 0.25) is 5.02 Å². The van der Waals surface area contributed by atoms with Gasteiger partial charge in [-0.3, -0.25) is 4.79 Å². The van der Waals surface area contributed by atoms with E-state index < -0.39 is 0 Å². The Morgan fingerprint density at radius 2 is 1.61 bits per heavy atom. The topological polar surface area (TPSA) is 69.3 Å². The van der Waals surface area contributed by atoms with Gasteiger partial charge < -0.3 is 29.2 Å². The van der Waals surface area contributed by atoms with Gasteiger partial charge in [0.25, 0.3) is 5.91 Å². The molecule has 0 aromatic heterocycles. The van der Waals surface area contributed by atoms with E-state index in [9.17, 15) is 4.79 Å². The molecule has 1 heterocycles. The summed E-state index contributed by atoms with van der Waals surface area (Å²) in [6.45, 7) is 9.91. The molecule has 0 spiro atoms. The van der Waals surface area contributed by atoms with Crippen molar-refractivity contribution in [1.82, 2.24) is 0 Å². The second kappa shape index (κ2) is 11.1. The van der Waals surface area contributed by atoms with E-state index in [0.717, 1.165) is 18.8 Å². The molecule has 0 aliphatic carbocycles. The van der Waals surface area contributed by atoms with Crippen LogP contribution in [0.25, 0.3) is 0 Å². The van der Waals surface area contributed by atoms with E-state index in [0.29, 0.717) is 66.6 Å². The van der Waals surface area contributed by atoms with Crippen LogP contribution in [0.3, 0.4) is 0 Å². The predicted molar refractivity (Wildman–Crippen MR) is 122 cm³/mol. The summed E-state index contributed by atoms with van der Waals surface area (Å²) < 4.78 is 22.5. The summed E-state index contributed by atoms with van der Waals surface area (Å²) in [5.41, 5.74) is 1.95. The fourth-order valence-electron chi connectivity index (χ4n) is 3.37. The highest BCUT2D eigenvalue weighted by Crippen LogP contribution is 2.39. The molecule has 0 radical (unpaired) electrons. The summed E-state index contributed by atoms with van der Waals surface area (Å²) in [7, 11) is 0. The normalized spacial score (nSPS) is 13.6. The number of anilines is 2. The van der Waals surface area contributed by atoms with Crippen molar-refractivity contribution in [3.8, 4) is 17.2 Å². The third kappa shape index (κ3) is 5.74. The first-order valence-electron chi connectivity index (χ1n) is 10.6.